The topological polar surface area (TPSA) is 15.3 Å². The highest BCUT2D eigenvalue weighted by molar-refractivity contribution is 6.33. The van der Waals surface area contributed by atoms with Crippen LogP contribution in [-0.2, 0) is 0 Å². The Morgan fingerprint density at radius 3 is 2.31 bits per heavy atom. The van der Waals surface area contributed by atoms with Gasteiger partial charge in [-0.25, -0.2) is 0 Å². The minimum atomic E-state index is 0.650. The van der Waals surface area contributed by atoms with E-state index in [0.29, 0.717) is 10.0 Å². The summed E-state index contributed by atoms with van der Waals surface area (Å²) in [6, 6.07) is 15.5. The molecular formula is C22H20Cl2N2. The van der Waals surface area contributed by atoms with Crippen LogP contribution in [0.4, 0.5) is 5.69 Å². The summed E-state index contributed by atoms with van der Waals surface area (Å²) in [6.45, 7) is 8.27. The van der Waals surface area contributed by atoms with E-state index < -0.39 is 0 Å². The van der Waals surface area contributed by atoms with Crippen molar-refractivity contribution in [3.05, 3.63) is 106 Å². The molecule has 0 aromatic heterocycles. The standard InChI is InChI=1S/C22H20Cl2N2/c1-15-9-8-10-16(2)26(15)22(25-21-14-7-6-13-20(21)24)17(3)18-11-4-5-12-19(18)23/h4-14,25H,1H2,2-3H3/b22-17+. The van der Waals surface area contributed by atoms with Gasteiger partial charge in [0.15, 0.2) is 0 Å². The molecule has 1 heterocycles. The molecule has 0 amide bonds. The van der Waals surface area contributed by atoms with Crippen LogP contribution in [-0.4, -0.2) is 4.90 Å². The molecule has 0 fully saturated rings. The molecule has 0 saturated carbocycles. The molecule has 0 bridgehead atoms. The van der Waals surface area contributed by atoms with Crippen LogP contribution < -0.4 is 5.32 Å². The van der Waals surface area contributed by atoms with Gasteiger partial charge < -0.3 is 10.2 Å². The normalized spacial score (nSPS) is 14.8. The number of rotatable bonds is 4. The Kier molecular flexibility index (Phi) is 5.55. The van der Waals surface area contributed by atoms with Gasteiger partial charge >= 0.3 is 0 Å². The first-order valence-corrected chi connectivity index (χ1v) is 9.06. The van der Waals surface area contributed by atoms with Crippen molar-refractivity contribution < 1.29 is 0 Å². The summed E-state index contributed by atoms with van der Waals surface area (Å²) in [5.41, 5.74) is 4.70. The Hall–Kier alpha value is -2.42. The molecule has 1 N–H and O–H groups in total. The molecule has 132 valence electrons. The zero-order valence-electron chi connectivity index (χ0n) is 14.8. The molecule has 0 radical (unpaired) electrons. The summed E-state index contributed by atoms with van der Waals surface area (Å²) in [6.07, 6.45) is 6.01. The number of anilines is 1. The van der Waals surface area contributed by atoms with Gasteiger partial charge in [-0.3, -0.25) is 0 Å². The monoisotopic (exact) mass is 382 g/mol. The van der Waals surface area contributed by atoms with E-state index in [1.54, 1.807) is 0 Å². The van der Waals surface area contributed by atoms with E-state index >= 15 is 0 Å². The number of nitrogens with zero attached hydrogens (tertiary/aromatic N) is 1. The third-order valence-electron chi connectivity index (χ3n) is 4.25. The first-order chi connectivity index (χ1) is 12.5. The lowest BCUT2D eigenvalue weighted by atomic mass is 10.1. The van der Waals surface area contributed by atoms with Crippen LogP contribution >= 0.6 is 23.2 Å². The highest BCUT2D eigenvalue weighted by Gasteiger charge is 2.20. The Bertz CT molecular complexity index is 939. The van der Waals surface area contributed by atoms with Crippen molar-refractivity contribution in [1.29, 1.82) is 0 Å². The van der Waals surface area contributed by atoms with E-state index in [1.165, 1.54) is 0 Å². The maximum absolute atomic E-state index is 6.45. The van der Waals surface area contributed by atoms with Gasteiger partial charge in [0.1, 0.15) is 5.82 Å². The SMILES string of the molecule is C=C1C=CC=C(C)N1/C(Nc1ccccc1Cl)=C(\C)c1ccccc1Cl. The van der Waals surface area contributed by atoms with Gasteiger partial charge in [-0.2, -0.15) is 0 Å². The summed E-state index contributed by atoms with van der Waals surface area (Å²) in [5.74, 6) is 0.870. The Balaban J connectivity index is 2.16. The van der Waals surface area contributed by atoms with Crippen molar-refractivity contribution in [2.24, 2.45) is 0 Å². The van der Waals surface area contributed by atoms with Crippen LogP contribution in [0.25, 0.3) is 5.57 Å². The lowest BCUT2D eigenvalue weighted by Gasteiger charge is -2.33. The second-order valence-corrected chi connectivity index (χ2v) is 6.87. The molecule has 4 heteroatoms. The fraction of sp³-hybridized carbons (Fsp3) is 0.0909. The molecule has 0 saturated heterocycles. The van der Waals surface area contributed by atoms with E-state index in [4.69, 9.17) is 23.2 Å². The summed E-state index contributed by atoms with van der Waals surface area (Å²) in [5, 5.41) is 4.83. The number of halogens is 2. The fourth-order valence-corrected chi connectivity index (χ4v) is 3.35. The number of allylic oxidation sites excluding steroid dienone is 5. The first-order valence-electron chi connectivity index (χ1n) is 8.30. The Morgan fingerprint density at radius 2 is 1.65 bits per heavy atom. The van der Waals surface area contributed by atoms with Crippen LogP contribution in [0.1, 0.15) is 19.4 Å². The maximum atomic E-state index is 6.45. The molecular weight excluding hydrogens is 363 g/mol. The van der Waals surface area contributed by atoms with Crippen LogP contribution in [0.2, 0.25) is 10.0 Å². The zero-order chi connectivity index (χ0) is 18.7. The number of nitrogens with one attached hydrogen (secondary N) is 1. The Labute approximate surface area is 164 Å². The van der Waals surface area contributed by atoms with Gasteiger partial charge in [-0.15, -0.1) is 0 Å². The van der Waals surface area contributed by atoms with Crippen molar-refractivity contribution in [2.45, 2.75) is 13.8 Å². The molecule has 0 unspecified atom stereocenters. The average molecular weight is 383 g/mol. The molecule has 26 heavy (non-hydrogen) atoms. The second kappa shape index (κ2) is 7.86. The summed E-state index contributed by atoms with van der Waals surface area (Å²) in [7, 11) is 0. The molecule has 3 rings (SSSR count). The predicted octanol–water partition coefficient (Wildman–Crippen LogP) is 7.08. The number of hydrogen-bond donors (Lipinski definition) is 1. The van der Waals surface area contributed by atoms with Gasteiger partial charge in [0.25, 0.3) is 0 Å². The maximum Gasteiger partial charge on any atom is 0.118 e. The minimum absolute atomic E-state index is 0.650. The molecule has 2 nitrogen and oxygen atoms in total. The fourth-order valence-electron chi connectivity index (χ4n) is 2.89. The molecule has 2 aromatic carbocycles. The summed E-state index contributed by atoms with van der Waals surface area (Å²) >= 11 is 12.8. The molecule has 1 aliphatic rings. The van der Waals surface area contributed by atoms with Crippen molar-refractivity contribution in [1.82, 2.24) is 4.90 Å². The number of benzene rings is 2. The van der Waals surface area contributed by atoms with Crippen LogP contribution in [0.3, 0.4) is 0 Å². The third kappa shape index (κ3) is 3.72. The largest absolute Gasteiger partial charge is 0.340 e. The third-order valence-corrected chi connectivity index (χ3v) is 4.91. The van der Waals surface area contributed by atoms with Gasteiger partial charge in [0.2, 0.25) is 0 Å². The number of para-hydroxylation sites is 1. The van der Waals surface area contributed by atoms with E-state index in [0.717, 1.165) is 34.0 Å². The lowest BCUT2D eigenvalue weighted by Crippen LogP contribution is -2.26. The van der Waals surface area contributed by atoms with Crippen LogP contribution in [0.15, 0.2) is 90.6 Å². The van der Waals surface area contributed by atoms with Crippen LogP contribution in [0, 0.1) is 0 Å². The molecule has 0 spiro atoms. The molecule has 0 aliphatic carbocycles. The predicted molar refractivity (Wildman–Crippen MR) is 113 cm³/mol. The van der Waals surface area contributed by atoms with E-state index in [-0.39, 0.29) is 0 Å². The van der Waals surface area contributed by atoms with E-state index in [9.17, 15) is 0 Å². The highest BCUT2D eigenvalue weighted by Crippen LogP contribution is 2.34. The molecule has 2 aromatic rings. The van der Waals surface area contributed by atoms with Crippen LogP contribution in [0.5, 0.6) is 0 Å². The average Bonchev–Trinajstić information content (AvgIpc) is 2.62. The Morgan fingerprint density at radius 1 is 1.00 bits per heavy atom. The zero-order valence-corrected chi connectivity index (χ0v) is 16.3. The molecule has 0 atom stereocenters. The van der Waals surface area contributed by atoms with E-state index in [2.05, 4.69) is 16.8 Å². The van der Waals surface area contributed by atoms with Gasteiger partial charge in [0, 0.05) is 16.4 Å². The highest BCUT2D eigenvalue weighted by atomic mass is 35.5. The molecule has 1 aliphatic heterocycles. The first kappa shape index (κ1) is 18.4. The van der Waals surface area contributed by atoms with Gasteiger partial charge in [0.05, 0.1) is 10.7 Å². The van der Waals surface area contributed by atoms with Crippen molar-refractivity contribution >= 4 is 34.5 Å². The van der Waals surface area contributed by atoms with Crippen molar-refractivity contribution in [2.75, 3.05) is 5.32 Å². The summed E-state index contributed by atoms with van der Waals surface area (Å²) in [4.78, 5) is 2.07. The number of hydrogen-bond acceptors (Lipinski definition) is 2. The van der Waals surface area contributed by atoms with Crippen molar-refractivity contribution in [3.63, 3.8) is 0 Å². The van der Waals surface area contributed by atoms with Crippen molar-refractivity contribution in [3.8, 4) is 0 Å². The lowest BCUT2D eigenvalue weighted by molar-refractivity contribution is 0.548. The quantitative estimate of drug-likeness (QED) is 0.607. The van der Waals surface area contributed by atoms with E-state index in [1.807, 2.05) is 80.6 Å². The summed E-state index contributed by atoms with van der Waals surface area (Å²) < 4.78 is 0. The smallest absolute Gasteiger partial charge is 0.118 e. The van der Waals surface area contributed by atoms with Gasteiger partial charge in [-0.1, -0.05) is 66.2 Å². The van der Waals surface area contributed by atoms with Gasteiger partial charge in [-0.05, 0) is 55.3 Å². The minimum Gasteiger partial charge on any atom is -0.340 e. The second-order valence-electron chi connectivity index (χ2n) is 6.05.